The van der Waals surface area contributed by atoms with E-state index in [2.05, 4.69) is 26.9 Å². The Balaban J connectivity index is 4.13. The van der Waals surface area contributed by atoms with E-state index in [1.54, 1.807) is 3.81 Å². The van der Waals surface area contributed by atoms with E-state index in [1.807, 2.05) is 0 Å². The van der Waals surface area contributed by atoms with Crippen molar-refractivity contribution >= 4 is 10.00 Å². The van der Waals surface area contributed by atoms with Crippen LogP contribution in [0.25, 0.3) is 0 Å². The van der Waals surface area contributed by atoms with Gasteiger partial charge in [-0.3, -0.25) is 0 Å². The molecule has 0 aliphatic rings. The van der Waals surface area contributed by atoms with Crippen LogP contribution in [0.1, 0.15) is 13.8 Å². The predicted molar refractivity (Wildman–Crippen MR) is 33.8 cm³/mol. The Bertz CT molecular complexity index is 100. The number of hydrogen-bond acceptors (Lipinski definition) is 0. The molecule has 0 bridgehead atoms. The van der Waals surface area contributed by atoms with Crippen LogP contribution >= 0.6 is 0 Å². The molecule has 0 unspecified atom stereocenters. The topological polar surface area (TPSA) is 0 Å². The zero-order valence-electron chi connectivity index (χ0n) is 5.50. The number of rotatable bonds is 0. The molecule has 0 heterocycles. The molecule has 0 aromatic rings. The molecule has 0 aromatic carbocycles. The van der Waals surface area contributed by atoms with E-state index in [0.717, 1.165) is 0 Å². The summed E-state index contributed by atoms with van der Waals surface area (Å²) in [5.74, 6) is 0. The Kier molecular flexibility index (Phi) is 4.19. The Morgan fingerprint density at radius 2 is 1.71 bits per heavy atom. The molecular weight excluding hydrogens is 136 g/mol. The third-order valence-corrected chi connectivity index (χ3v) is 6.18. The van der Waals surface area contributed by atoms with Crippen LogP contribution in [0.2, 0.25) is 13.1 Å². The van der Waals surface area contributed by atoms with Crippen LogP contribution in [0.4, 0.5) is 0 Å². The summed E-state index contributed by atoms with van der Waals surface area (Å²) in [6.45, 7) is 9.32. The standard InChI is InChI=1S/C3H6.C2H6Si.Ti/c2*1-3-2;/h2*1-2H3;. The van der Waals surface area contributed by atoms with Crippen molar-refractivity contribution in [3.8, 4) is 0 Å². The van der Waals surface area contributed by atoms with Crippen LogP contribution in [0, 0.1) is 0 Å². The normalized spacial score (nSPS) is 7.43. The van der Waals surface area contributed by atoms with E-state index < -0.39 is 0 Å². The monoisotopic (exact) mass is 148 g/mol. The van der Waals surface area contributed by atoms with Crippen LogP contribution in [-0.4, -0.2) is 10.00 Å². The molecule has 0 nitrogen and oxygen atoms in total. The zero-order valence-corrected chi connectivity index (χ0v) is 8.06. The van der Waals surface area contributed by atoms with Gasteiger partial charge in [-0.1, -0.05) is 0 Å². The fraction of sp³-hybridized carbons (Fsp3) is 0.800. The predicted octanol–water partition coefficient (Wildman–Crippen LogP) is 1.53. The Morgan fingerprint density at radius 3 is 1.71 bits per heavy atom. The van der Waals surface area contributed by atoms with Crippen LogP contribution < -0.4 is 0 Å². The minimum absolute atomic E-state index is 0.154. The van der Waals surface area contributed by atoms with Gasteiger partial charge in [0.05, 0.1) is 0 Å². The van der Waals surface area contributed by atoms with Crippen molar-refractivity contribution in [1.29, 1.82) is 0 Å². The second kappa shape index (κ2) is 3.76. The summed E-state index contributed by atoms with van der Waals surface area (Å²) in [5, 5.41) is 0. The van der Waals surface area contributed by atoms with Gasteiger partial charge in [0.15, 0.2) is 0 Å². The van der Waals surface area contributed by atoms with Crippen LogP contribution in [0.3, 0.4) is 0 Å². The summed E-state index contributed by atoms with van der Waals surface area (Å²) in [6.07, 6.45) is 0.154. The first-order valence-corrected chi connectivity index (χ1v) is 8.12. The van der Waals surface area contributed by atoms with E-state index in [1.165, 1.54) is 0 Å². The molecular formula is C5H12SiTi. The molecule has 0 saturated carbocycles. The maximum absolute atomic E-state index is 2.40. The molecule has 40 valence electrons. The van der Waals surface area contributed by atoms with Crippen molar-refractivity contribution < 1.29 is 17.4 Å². The molecule has 2 heteroatoms. The van der Waals surface area contributed by atoms with Crippen molar-refractivity contribution in [2.24, 2.45) is 0 Å². The molecule has 0 aromatic heterocycles. The van der Waals surface area contributed by atoms with E-state index in [9.17, 15) is 0 Å². The van der Waals surface area contributed by atoms with Gasteiger partial charge in [0, 0.05) is 0 Å². The molecule has 0 atom stereocenters. The minimum atomic E-state index is 0.154. The second-order valence-corrected chi connectivity index (χ2v) is 11.8. The van der Waals surface area contributed by atoms with Gasteiger partial charge >= 0.3 is 54.4 Å². The SMILES string of the molecule is C[C](C)=[Ti]=[Si](C)C. The number of hydrogen-bond donors (Lipinski definition) is 0. The Labute approximate surface area is 54.6 Å². The first-order valence-electron chi connectivity index (χ1n) is 2.50. The van der Waals surface area contributed by atoms with Gasteiger partial charge in [0.1, 0.15) is 0 Å². The van der Waals surface area contributed by atoms with Gasteiger partial charge in [-0.2, -0.15) is 0 Å². The molecule has 0 spiro atoms. The van der Waals surface area contributed by atoms with Crippen molar-refractivity contribution in [2.75, 3.05) is 0 Å². The summed E-state index contributed by atoms with van der Waals surface area (Å²) in [5.41, 5.74) is 0. The van der Waals surface area contributed by atoms with Crippen LogP contribution in [0.5, 0.6) is 0 Å². The average molecular weight is 148 g/mol. The fourth-order valence-corrected chi connectivity index (χ4v) is 6.18. The molecule has 0 aliphatic carbocycles. The summed E-state index contributed by atoms with van der Waals surface area (Å²) < 4.78 is 1.71. The molecule has 0 N–H and O–H groups in total. The molecule has 7 heavy (non-hydrogen) atoms. The van der Waals surface area contributed by atoms with Crippen molar-refractivity contribution in [3.63, 3.8) is 0 Å². The average Bonchev–Trinajstić information content (AvgIpc) is 1.27. The molecule has 0 rings (SSSR count). The zero-order chi connectivity index (χ0) is 5.86. The van der Waals surface area contributed by atoms with Gasteiger partial charge in [-0.15, -0.1) is 0 Å². The van der Waals surface area contributed by atoms with E-state index in [4.69, 9.17) is 0 Å². The first kappa shape index (κ1) is 7.80. The quantitative estimate of drug-likeness (QED) is 0.457. The molecule has 0 radical (unpaired) electrons. The van der Waals surface area contributed by atoms with Gasteiger partial charge < -0.3 is 0 Å². The summed E-state index contributed by atoms with van der Waals surface area (Å²) >= 11 is 0.407. The van der Waals surface area contributed by atoms with E-state index >= 15 is 0 Å². The Morgan fingerprint density at radius 1 is 1.29 bits per heavy atom. The van der Waals surface area contributed by atoms with Crippen LogP contribution in [0.15, 0.2) is 0 Å². The van der Waals surface area contributed by atoms with Crippen molar-refractivity contribution in [2.45, 2.75) is 26.9 Å². The summed E-state index contributed by atoms with van der Waals surface area (Å²) in [6, 6.07) is 0. The van der Waals surface area contributed by atoms with Gasteiger partial charge in [0.25, 0.3) is 0 Å². The second-order valence-electron chi connectivity index (χ2n) is 2.12. The van der Waals surface area contributed by atoms with Crippen LogP contribution in [-0.2, 0) is 17.4 Å². The molecule has 0 saturated heterocycles. The third-order valence-electron chi connectivity index (χ3n) is 0.500. The first-order chi connectivity index (χ1) is 3.13. The Hall–Kier alpha value is 0.801. The van der Waals surface area contributed by atoms with Gasteiger partial charge in [-0.05, 0) is 0 Å². The maximum atomic E-state index is 2.40. The fourth-order valence-electron chi connectivity index (χ4n) is 0.500. The van der Waals surface area contributed by atoms with Gasteiger partial charge in [-0.25, -0.2) is 0 Å². The third kappa shape index (κ3) is 6.80. The van der Waals surface area contributed by atoms with Crippen molar-refractivity contribution in [3.05, 3.63) is 0 Å². The summed E-state index contributed by atoms with van der Waals surface area (Å²) in [7, 11) is 0. The van der Waals surface area contributed by atoms with Crippen molar-refractivity contribution in [1.82, 2.24) is 0 Å². The van der Waals surface area contributed by atoms with Gasteiger partial charge in [0.2, 0.25) is 0 Å². The summed E-state index contributed by atoms with van der Waals surface area (Å²) in [4.78, 5) is 0. The van der Waals surface area contributed by atoms with E-state index in [0.29, 0.717) is 17.4 Å². The molecule has 0 fully saturated rings. The molecule has 0 aliphatic heterocycles. The molecule has 0 amide bonds. The van der Waals surface area contributed by atoms with E-state index in [-0.39, 0.29) is 6.19 Å².